The summed E-state index contributed by atoms with van der Waals surface area (Å²) in [6, 6.07) is 1.60. The maximum atomic E-state index is 13.0. The molecule has 2 heteroatoms. The van der Waals surface area contributed by atoms with Gasteiger partial charge in [0.05, 0.1) is 0 Å². The molecule has 2 fully saturated rings. The number of allylic oxidation sites excluding steroid dienone is 2. The van der Waals surface area contributed by atoms with Crippen LogP contribution in [0.25, 0.3) is 0 Å². The van der Waals surface area contributed by atoms with Crippen LogP contribution in [-0.2, 0) is 0 Å². The molecule has 124 valence electrons. The zero-order chi connectivity index (χ0) is 15.8. The lowest BCUT2D eigenvalue weighted by Gasteiger charge is -2.31. The highest BCUT2D eigenvalue weighted by molar-refractivity contribution is 5.13. The zero-order valence-corrected chi connectivity index (χ0v) is 14.2. The van der Waals surface area contributed by atoms with Crippen LogP contribution in [0.5, 0.6) is 0 Å². The summed E-state index contributed by atoms with van der Waals surface area (Å²) in [6.45, 7) is 2.31. The van der Waals surface area contributed by atoms with Crippen molar-refractivity contribution in [3.63, 3.8) is 0 Å². The van der Waals surface area contributed by atoms with Gasteiger partial charge in [-0.3, -0.25) is 0 Å². The SMILES string of the molecule is CCCC1CCC(CCC2CCC(C=C(F)C#N)CC2)CC1. The normalized spacial score (nSPS) is 33.4. The lowest BCUT2D eigenvalue weighted by molar-refractivity contribution is 0.221. The minimum absolute atomic E-state index is 0.306. The molecule has 2 rings (SSSR count). The quantitative estimate of drug-likeness (QED) is 0.510. The maximum Gasteiger partial charge on any atom is 0.196 e. The van der Waals surface area contributed by atoms with Crippen molar-refractivity contribution < 1.29 is 4.39 Å². The van der Waals surface area contributed by atoms with E-state index in [1.54, 1.807) is 12.1 Å². The molecule has 1 nitrogen and oxygen atoms in total. The fourth-order valence-electron chi connectivity index (χ4n) is 4.58. The summed E-state index contributed by atoms with van der Waals surface area (Å²) >= 11 is 0. The first kappa shape index (κ1) is 17.5. The molecule has 2 aliphatic carbocycles. The molecule has 0 atom stereocenters. The minimum atomic E-state index is -0.590. The van der Waals surface area contributed by atoms with Crippen LogP contribution in [0.15, 0.2) is 11.9 Å². The average molecular weight is 305 g/mol. The Balaban J connectivity index is 1.61. The fourth-order valence-corrected chi connectivity index (χ4v) is 4.58. The Morgan fingerprint density at radius 1 is 0.909 bits per heavy atom. The molecule has 0 heterocycles. The lowest BCUT2D eigenvalue weighted by Crippen LogP contribution is -2.17. The summed E-state index contributed by atoms with van der Waals surface area (Å²) in [5, 5.41) is 8.50. The molecule has 0 aromatic carbocycles. The number of nitriles is 1. The Morgan fingerprint density at radius 2 is 1.36 bits per heavy atom. The fraction of sp³-hybridized carbons (Fsp3) is 0.850. The Hall–Kier alpha value is -0.840. The van der Waals surface area contributed by atoms with Gasteiger partial charge in [0.15, 0.2) is 5.83 Å². The van der Waals surface area contributed by atoms with Crippen LogP contribution in [0.1, 0.15) is 84.0 Å². The van der Waals surface area contributed by atoms with Gasteiger partial charge in [-0.25, -0.2) is 0 Å². The average Bonchev–Trinajstić information content (AvgIpc) is 2.56. The molecule has 2 aliphatic rings. The number of hydrogen-bond acceptors (Lipinski definition) is 1. The van der Waals surface area contributed by atoms with Crippen LogP contribution in [0.2, 0.25) is 0 Å². The van der Waals surface area contributed by atoms with Crippen LogP contribution >= 0.6 is 0 Å². The van der Waals surface area contributed by atoms with E-state index in [2.05, 4.69) is 6.92 Å². The molecule has 0 aromatic heterocycles. The van der Waals surface area contributed by atoms with Gasteiger partial charge in [-0.15, -0.1) is 0 Å². The third kappa shape index (κ3) is 5.75. The highest BCUT2D eigenvalue weighted by Crippen LogP contribution is 2.37. The van der Waals surface area contributed by atoms with Crippen LogP contribution in [0.4, 0.5) is 4.39 Å². The van der Waals surface area contributed by atoms with Crippen LogP contribution in [-0.4, -0.2) is 0 Å². The smallest absolute Gasteiger partial charge is 0.195 e. The van der Waals surface area contributed by atoms with Crippen LogP contribution in [0.3, 0.4) is 0 Å². The second kappa shape index (κ2) is 9.33. The van der Waals surface area contributed by atoms with E-state index in [4.69, 9.17) is 5.26 Å². The van der Waals surface area contributed by atoms with Gasteiger partial charge in [0.2, 0.25) is 0 Å². The van der Waals surface area contributed by atoms with Gasteiger partial charge in [-0.05, 0) is 55.4 Å². The minimum Gasteiger partial charge on any atom is -0.195 e. The highest BCUT2D eigenvalue weighted by atomic mass is 19.1. The van der Waals surface area contributed by atoms with Crippen LogP contribution in [0, 0.1) is 35.0 Å². The van der Waals surface area contributed by atoms with Gasteiger partial charge in [-0.2, -0.15) is 9.65 Å². The molecule has 22 heavy (non-hydrogen) atoms. The van der Waals surface area contributed by atoms with Gasteiger partial charge in [0, 0.05) is 0 Å². The van der Waals surface area contributed by atoms with Gasteiger partial charge in [0.1, 0.15) is 6.07 Å². The molecule has 0 aliphatic heterocycles. The molecule has 0 aromatic rings. The molecule has 2 saturated carbocycles. The third-order valence-corrected chi connectivity index (χ3v) is 6.03. The number of hydrogen-bond donors (Lipinski definition) is 0. The van der Waals surface area contributed by atoms with Crippen molar-refractivity contribution in [2.45, 2.75) is 84.0 Å². The predicted molar refractivity (Wildman–Crippen MR) is 89.8 cm³/mol. The summed E-state index contributed by atoms with van der Waals surface area (Å²) in [7, 11) is 0. The van der Waals surface area contributed by atoms with E-state index < -0.39 is 5.83 Å². The molecule has 0 spiro atoms. The predicted octanol–water partition coefficient (Wildman–Crippen LogP) is 6.56. The number of rotatable bonds is 6. The van der Waals surface area contributed by atoms with Crippen molar-refractivity contribution in [1.29, 1.82) is 5.26 Å². The first-order valence-corrected chi connectivity index (χ1v) is 9.48. The van der Waals surface area contributed by atoms with E-state index >= 15 is 0 Å². The van der Waals surface area contributed by atoms with Crippen LogP contribution < -0.4 is 0 Å². The van der Waals surface area contributed by atoms with Gasteiger partial charge in [-0.1, -0.05) is 58.3 Å². The lowest BCUT2D eigenvalue weighted by atomic mass is 9.75. The first-order valence-electron chi connectivity index (χ1n) is 9.48. The molecule has 0 saturated heterocycles. The molecule has 0 bridgehead atoms. The third-order valence-electron chi connectivity index (χ3n) is 6.03. The monoisotopic (exact) mass is 305 g/mol. The Bertz CT molecular complexity index is 379. The van der Waals surface area contributed by atoms with Gasteiger partial charge in [0.25, 0.3) is 0 Å². The summed E-state index contributed by atoms with van der Waals surface area (Å²) in [4.78, 5) is 0. The molecular weight excluding hydrogens is 273 g/mol. The van der Waals surface area contributed by atoms with E-state index in [9.17, 15) is 4.39 Å². The molecule has 0 N–H and O–H groups in total. The molecular formula is C20H32FN. The Labute approximate surface area is 136 Å². The summed E-state index contributed by atoms with van der Waals surface area (Å²) in [5.74, 6) is 2.55. The Morgan fingerprint density at radius 3 is 1.82 bits per heavy atom. The largest absolute Gasteiger partial charge is 0.196 e. The molecule has 0 radical (unpaired) electrons. The zero-order valence-electron chi connectivity index (χ0n) is 14.2. The van der Waals surface area contributed by atoms with Crippen molar-refractivity contribution in [3.8, 4) is 6.07 Å². The molecule has 0 amide bonds. The van der Waals surface area contributed by atoms with Crippen molar-refractivity contribution in [3.05, 3.63) is 11.9 Å². The Kier molecular flexibility index (Phi) is 7.43. The summed E-state index contributed by atoms with van der Waals surface area (Å²) < 4.78 is 13.0. The number of halogens is 1. The van der Waals surface area contributed by atoms with E-state index in [-0.39, 0.29) is 0 Å². The maximum absolute atomic E-state index is 13.0. The topological polar surface area (TPSA) is 23.8 Å². The number of nitrogens with zero attached hydrogens (tertiary/aromatic N) is 1. The van der Waals surface area contributed by atoms with E-state index in [1.165, 1.54) is 64.2 Å². The second-order valence-electron chi connectivity index (χ2n) is 7.66. The molecule has 0 unspecified atom stereocenters. The van der Waals surface area contributed by atoms with Gasteiger partial charge >= 0.3 is 0 Å². The van der Waals surface area contributed by atoms with Crippen molar-refractivity contribution >= 4 is 0 Å². The summed E-state index contributed by atoms with van der Waals surface area (Å²) in [6.07, 6.45) is 17.5. The van der Waals surface area contributed by atoms with Gasteiger partial charge < -0.3 is 0 Å². The summed E-state index contributed by atoms with van der Waals surface area (Å²) in [5.41, 5.74) is 0. The first-order chi connectivity index (χ1) is 10.7. The van der Waals surface area contributed by atoms with Crippen molar-refractivity contribution in [2.24, 2.45) is 23.7 Å². The van der Waals surface area contributed by atoms with E-state index in [0.29, 0.717) is 5.92 Å². The second-order valence-corrected chi connectivity index (χ2v) is 7.66. The highest BCUT2D eigenvalue weighted by Gasteiger charge is 2.24. The van der Waals surface area contributed by atoms with E-state index in [1.807, 2.05) is 0 Å². The standard InChI is InChI=1S/C20H32FN/c1-2-3-16-4-6-17(7-5-16)8-9-18-10-12-19(13-11-18)14-20(21)15-22/h14,16-19H,2-13H2,1H3. The van der Waals surface area contributed by atoms with E-state index in [0.717, 1.165) is 30.6 Å². The van der Waals surface area contributed by atoms with Crippen molar-refractivity contribution in [2.75, 3.05) is 0 Å². The van der Waals surface area contributed by atoms with Crippen molar-refractivity contribution in [1.82, 2.24) is 0 Å².